The smallest absolute Gasteiger partial charge is 0.325 e. The number of methoxy groups -OCH3 is 2. The van der Waals surface area contributed by atoms with E-state index >= 15 is 0 Å². The number of hydrogen-bond acceptors (Lipinski definition) is 8. The molecule has 0 atom stereocenters. The maximum absolute atomic E-state index is 12.2. The van der Waals surface area contributed by atoms with Crippen LogP contribution in [0.5, 0.6) is 11.5 Å². The minimum atomic E-state index is -0.594. The molecule has 0 fully saturated rings. The van der Waals surface area contributed by atoms with Crippen LogP contribution in [0.4, 0.5) is 0 Å². The number of benzene rings is 1. The predicted octanol–water partition coefficient (Wildman–Crippen LogP) is 0.964. The van der Waals surface area contributed by atoms with Crippen molar-refractivity contribution in [1.82, 2.24) is 25.5 Å². The molecule has 2 rings (SSSR count). The lowest BCUT2D eigenvalue weighted by Gasteiger charge is -2.09. The molecule has 0 radical (unpaired) electrons. The minimum Gasteiger partial charge on any atom is -0.497 e. The zero-order valence-corrected chi connectivity index (χ0v) is 15.6. The molecular formula is C17H23N5O5. The molecule has 0 aliphatic carbocycles. The highest BCUT2D eigenvalue weighted by atomic mass is 16.5. The molecule has 1 N–H and O–H groups in total. The SMILES string of the molecule is CCCCn1nnnc1COC(=O)CNC(=O)c1cc(OC)cc(OC)c1. The van der Waals surface area contributed by atoms with Gasteiger partial charge in [0.2, 0.25) is 0 Å². The highest BCUT2D eigenvalue weighted by Gasteiger charge is 2.13. The van der Waals surface area contributed by atoms with Crippen molar-refractivity contribution >= 4 is 11.9 Å². The third-order valence-electron chi connectivity index (χ3n) is 3.70. The zero-order chi connectivity index (χ0) is 19.6. The number of esters is 1. The second kappa shape index (κ2) is 10.1. The van der Waals surface area contributed by atoms with Gasteiger partial charge >= 0.3 is 5.97 Å². The fourth-order valence-corrected chi connectivity index (χ4v) is 2.20. The van der Waals surface area contributed by atoms with Crippen LogP contribution in [0.25, 0.3) is 0 Å². The molecule has 1 aromatic heterocycles. The van der Waals surface area contributed by atoms with Gasteiger partial charge in [0.05, 0.1) is 14.2 Å². The van der Waals surface area contributed by atoms with Crippen molar-refractivity contribution < 1.29 is 23.8 Å². The number of ether oxygens (including phenoxy) is 3. The number of carbonyl (C=O) groups is 2. The van der Waals surface area contributed by atoms with Crippen molar-refractivity contribution in [3.05, 3.63) is 29.6 Å². The molecule has 0 spiro atoms. The van der Waals surface area contributed by atoms with Crippen molar-refractivity contribution in [3.63, 3.8) is 0 Å². The maximum Gasteiger partial charge on any atom is 0.325 e. The van der Waals surface area contributed by atoms with Crippen LogP contribution in [0.1, 0.15) is 35.9 Å². The van der Waals surface area contributed by atoms with Crippen LogP contribution in [0, 0.1) is 0 Å². The van der Waals surface area contributed by atoms with E-state index in [4.69, 9.17) is 14.2 Å². The van der Waals surface area contributed by atoms with Gasteiger partial charge in [0.15, 0.2) is 12.4 Å². The maximum atomic E-state index is 12.2. The van der Waals surface area contributed by atoms with Crippen LogP contribution in [0.15, 0.2) is 18.2 Å². The van der Waals surface area contributed by atoms with Crippen LogP contribution >= 0.6 is 0 Å². The first-order valence-electron chi connectivity index (χ1n) is 8.49. The minimum absolute atomic E-state index is 0.0571. The van der Waals surface area contributed by atoms with Crippen LogP contribution in [0.3, 0.4) is 0 Å². The first kappa shape index (κ1) is 20.1. The molecule has 0 aliphatic rings. The molecule has 2 aromatic rings. The fraction of sp³-hybridized carbons (Fsp3) is 0.471. The lowest BCUT2D eigenvalue weighted by molar-refractivity contribution is -0.144. The standard InChI is InChI=1S/C17H23N5O5/c1-4-5-6-22-15(19-20-21-22)11-27-16(23)10-18-17(24)12-7-13(25-2)9-14(8-12)26-3/h7-9H,4-6,10-11H2,1-3H3,(H,18,24). The summed E-state index contributed by atoms with van der Waals surface area (Å²) in [4.78, 5) is 24.1. The molecule has 146 valence electrons. The van der Waals surface area contributed by atoms with Gasteiger partial charge in [-0.05, 0) is 29.0 Å². The Morgan fingerprint density at radius 2 is 1.85 bits per heavy atom. The van der Waals surface area contributed by atoms with Crippen molar-refractivity contribution in [2.45, 2.75) is 32.9 Å². The summed E-state index contributed by atoms with van der Waals surface area (Å²) in [7, 11) is 2.98. The number of aryl methyl sites for hydroxylation is 1. The van der Waals surface area contributed by atoms with Gasteiger partial charge in [0, 0.05) is 18.2 Å². The summed E-state index contributed by atoms with van der Waals surface area (Å²) in [5.41, 5.74) is 0.308. The highest BCUT2D eigenvalue weighted by molar-refractivity contribution is 5.96. The molecule has 0 unspecified atom stereocenters. The van der Waals surface area contributed by atoms with E-state index < -0.39 is 11.9 Å². The van der Waals surface area contributed by atoms with Gasteiger partial charge in [0.25, 0.3) is 5.91 Å². The van der Waals surface area contributed by atoms with Crippen molar-refractivity contribution in [2.75, 3.05) is 20.8 Å². The second-order valence-corrected chi connectivity index (χ2v) is 5.62. The van der Waals surface area contributed by atoms with Crippen LogP contribution in [-0.4, -0.2) is 52.8 Å². The average Bonchev–Trinajstić information content (AvgIpc) is 3.15. The van der Waals surface area contributed by atoms with Gasteiger partial charge in [0.1, 0.15) is 18.0 Å². The summed E-state index contributed by atoms with van der Waals surface area (Å²) >= 11 is 0. The Hall–Kier alpha value is -3.17. The van der Waals surface area contributed by atoms with Crippen LogP contribution < -0.4 is 14.8 Å². The Morgan fingerprint density at radius 3 is 2.48 bits per heavy atom. The molecule has 1 aromatic carbocycles. The molecule has 10 nitrogen and oxygen atoms in total. The summed E-state index contributed by atoms with van der Waals surface area (Å²) in [5.74, 6) is 0.364. The number of nitrogens with one attached hydrogen (secondary N) is 1. The molecule has 10 heteroatoms. The number of tetrazole rings is 1. The number of hydrogen-bond donors (Lipinski definition) is 1. The number of unbranched alkanes of at least 4 members (excludes halogenated alkanes) is 1. The van der Waals surface area contributed by atoms with Gasteiger partial charge in [-0.3, -0.25) is 9.59 Å². The van der Waals surface area contributed by atoms with E-state index in [2.05, 4.69) is 27.8 Å². The fourth-order valence-electron chi connectivity index (χ4n) is 2.20. The number of aromatic nitrogens is 4. The number of rotatable bonds is 10. The summed E-state index contributed by atoms with van der Waals surface area (Å²) in [6.07, 6.45) is 1.92. The molecule has 1 heterocycles. The van der Waals surface area contributed by atoms with Crippen molar-refractivity contribution in [3.8, 4) is 11.5 Å². The largest absolute Gasteiger partial charge is 0.497 e. The molecule has 0 aliphatic heterocycles. The number of nitrogens with zero attached hydrogens (tertiary/aromatic N) is 4. The van der Waals surface area contributed by atoms with Crippen molar-refractivity contribution in [2.24, 2.45) is 0 Å². The lowest BCUT2D eigenvalue weighted by Crippen LogP contribution is -2.30. The van der Waals surface area contributed by atoms with Gasteiger partial charge in [-0.2, -0.15) is 0 Å². The lowest BCUT2D eigenvalue weighted by atomic mass is 10.2. The average molecular weight is 377 g/mol. The van der Waals surface area contributed by atoms with Gasteiger partial charge in [-0.15, -0.1) is 5.10 Å². The first-order valence-corrected chi connectivity index (χ1v) is 8.49. The van der Waals surface area contributed by atoms with Crippen LogP contribution in [-0.2, 0) is 22.7 Å². The van der Waals surface area contributed by atoms with Gasteiger partial charge in [-0.1, -0.05) is 13.3 Å². The Morgan fingerprint density at radius 1 is 1.15 bits per heavy atom. The highest BCUT2D eigenvalue weighted by Crippen LogP contribution is 2.22. The topological polar surface area (TPSA) is 117 Å². The Bertz CT molecular complexity index is 755. The Kier molecular flexibility index (Phi) is 7.53. The monoisotopic (exact) mass is 377 g/mol. The Balaban J connectivity index is 1.85. The molecule has 1 amide bonds. The molecule has 0 saturated carbocycles. The second-order valence-electron chi connectivity index (χ2n) is 5.62. The first-order chi connectivity index (χ1) is 13.1. The quantitative estimate of drug-likeness (QED) is 0.609. The zero-order valence-electron chi connectivity index (χ0n) is 15.6. The van der Waals surface area contributed by atoms with Crippen LogP contribution in [0.2, 0.25) is 0 Å². The third-order valence-corrected chi connectivity index (χ3v) is 3.70. The Labute approximate surface area is 156 Å². The van der Waals surface area contributed by atoms with E-state index in [0.29, 0.717) is 29.4 Å². The number of amides is 1. The third kappa shape index (κ3) is 5.94. The van der Waals surface area contributed by atoms with Gasteiger partial charge < -0.3 is 19.5 Å². The normalized spacial score (nSPS) is 10.3. The summed E-state index contributed by atoms with van der Waals surface area (Å²) < 4.78 is 17.0. The summed E-state index contributed by atoms with van der Waals surface area (Å²) in [5, 5.41) is 13.8. The van der Waals surface area contributed by atoms with E-state index in [-0.39, 0.29) is 13.2 Å². The number of carbonyl (C=O) groups excluding carboxylic acids is 2. The predicted molar refractivity (Wildman–Crippen MR) is 94.4 cm³/mol. The van der Waals surface area contributed by atoms with E-state index in [1.54, 1.807) is 22.9 Å². The summed E-state index contributed by atoms with van der Waals surface area (Å²) in [6, 6.07) is 4.74. The molecule has 0 bridgehead atoms. The molecular weight excluding hydrogens is 354 g/mol. The molecule has 27 heavy (non-hydrogen) atoms. The summed E-state index contributed by atoms with van der Waals surface area (Å²) in [6.45, 7) is 2.38. The van der Waals surface area contributed by atoms with Crippen molar-refractivity contribution in [1.29, 1.82) is 0 Å². The van der Waals surface area contributed by atoms with E-state index in [1.807, 2.05) is 0 Å². The van der Waals surface area contributed by atoms with E-state index in [1.165, 1.54) is 14.2 Å². The van der Waals surface area contributed by atoms with E-state index in [0.717, 1.165) is 12.8 Å². The van der Waals surface area contributed by atoms with Gasteiger partial charge in [-0.25, -0.2) is 4.68 Å². The van der Waals surface area contributed by atoms with E-state index in [9.17, 15) is 9.59 Å². The molecule has 0 saturated heterocycles.